The molecule has 0 radical (unpaired) electrons. The summed E-state index contributed by atoms with van der Waals surface area (Å²) >= 11 is 0. The summed E-state index contributed by atoms with van der Waals surface area (Å²) in [7, 11) is 0. The molecule has 4 atom stereocenters. The first-order chi connectivity index (χ1) is 16.4. The van der Waals surface area contributed by atoms with E-state index in [4.69, 9.17) is 10.5 Å². The highest BCUT2D eigenvalue weighted by molar-refractivity contribution is 6.30. The minimum absolute atomic E-state index is 0.0984. The van der Waals surface area contributed by atoms with E-state index in [0.717, 1.165) is 49.2 Å². The Labute approximate surface area is 193 Å². The zero-order valence-electron chi connectivity index (χ0n) is 18.5. The van der Waals surface area contributed by atoms with Crippen LogP contribution < -0.4 is 11.1 Å². The summed E-state index contributed by atoms with van der Waals surface area (Å²) in [4.78, 5) is 16.7. The van der Waals surface area contributed by atoms with Gasteiger partial charge < -0.3 is 35.6 Å². The molecule has 6 N–H and O–H groups in total. The SMILES string of the molecule is CC1(O)O[C@@H](n2c3ccccc3c3c4c(c5c6ccccc6[nH]c5c32)CNC4=O)C[C@@H](N)[C@H]1O. The number of rotatable bonds is 1. The molecule has 0 bridgehead atoms. The van der Waals surface area contributed by atoms with Crippen LogP contribution in [0.1, 0.15) is 35.5 Å². The zero-order chi connectivity index (χ0) is 23.4. The maximum atomic E-state index is 13.2. The Morgan fingerprint density at radius 3 is 2.65 bits per heavy atom. The minimum Gasteiger partial charge on any atom is -0.386 e. The van der Waals surface area contributed by atoms with Crippen molar-refractivity contribution in [2.75, 3.05) is 0 Å². The minimum atomic E-state index is -1.81. The van der Waals surface area contributed by atoms with Crippen molar-refractivity contribution in [2.45, 2.75) is 44.1 Å². The van der Waals surface area contributed by atoms with Gasteiger partial charge in [-0.05, 0) is 24.6 Å². The molecule has 0 spiro atoms. The van der Waals surface area contributed by atoms with Crippen LogP contribution in [0.3, 0.4) is 0 Å². The Bertz CT molecular complexity index is 1660. The van der Waals surface area contributed by atoms with Gasteiger partial charge in [-0.25, -0.2) is 0 Å². The maximum absolute atomic E-state index is 13.2. The lowest BCUT2D eigenvalue weighted by Gasteiger charge is -2.42. The van der Waals surface area contributed by atoms with E-state index in [1.165, 1.54) is 6.92 Å². The number of carbonyl (C=O) groups is 1. The molecule has 0 saturated carbocycles. The van der Waals surface area contributed by atoms with Gasteiger partial charge >= 0.3 is 0 Å². The summed E-state index contributed by atoms with van der Waals surface area (Å²) in [5, 5.41) is 28.1. The molecule has 5 aromatic rings. The standard InChI is InChI=1S/C26H24N4O4/c1-26(33)24(31)15(27)10-18(34-26)30-17-9-5-3-7-13(17)20-21-14(11-28-25(21)32)19-12-6-2-4-8-16(12)29-22(19)23(20)30/h2-9,15,18,24,29,31,33H,10-11,27H2,1H3,(H,28,32)/t15-,18-,24-,26?/m1/s1. The van der Waals surface area contributed by atoms with E-state index in [2.05, 4.69) is 16.4 Å². The highest BCUT2D eigenvalue weighted by Gasteiger charge is 2.45. The van der Waals surface area contributed by atoms with Crippen molar-refractivity contribution < 1.29 is 19.7 Å². The van der Waals surface area contributed by atoms with Crippen molar-refractivity contribution in [1.82, 2.24) is 14.9 Å². The Morgan fingerprint density at radius 1 is 1.12 bits per heavy atom. The number of nitrogens with one attached hydrogen (secondary N) is 2. The molecule has 7 rings (SSSR count). The Morgan fingerprint density at radius 2 is 1.85 bits per heavy atom. The van der Waals surface area contributed by atoms with Gasteiger partial charge in [0.25, 0.3) is 5.91 Å². The molecular formula is C26H24N4O4. The van der Waals surface area contributed by atoms with Crippen LogP contribution in [0.15, 0.2) is 48.5 Å². The number of fused-ring (bicyclic) bond motifs is 10. The number of ether oxygens (including phenoxy) is 1. The van der Waals surface area contributed by atoms with E-state index in [1.54, 1.807) is 0 Å². The van der Waals surface area contributed by atoms with Gasteiger partial charge in [0.2, 0.25) is 0 Å². The lowest BCUT2D eigenvalue weighted by molar-refractivity contribution is -0.308. The van der Waals surface area contributed by atoms with Crippen LogP contribution in [-0.4, -0.2) is 43.6 Å². The van der Waals surface area contributed by atoms with E-state index < -0.39 is 24.2 Å². The first-order valence-electron chi connectivity index (χ1n) is 11.5. The monoisotopic (exact) mass is 456 g/mol. The molecule has 1 unspecified atom stereocenters. The first-order valence-corrected chi connectivity index (χ1v) is 11.5. The highest BCUT2D eigenvalue weighted by Crippen LogP contribution is 2.46. The molecule has 3 aromatic carbocycles. The van der Waals surface area contributed by atoms with Crippen molar-refractivity contribution in [3.63, 3.8) is 0 Å². The van der Waals surface area contributed by atoms with Crippen LogP contribution in [-0.2, 0) is 11.3 Å². The summed E-state index contributed by atoms with van der Waals surface area (Å²) in [6.45, 7) is 1.90. The molecule has 1 saturated heterocycles. The van der Waals surface area contributed by atoms with E-state index in [1.807, 2.05) is 47.0 Å². The number of carbonyl (C=O) groups excluding carboxylic acids is 1. The van der Waals surface area contributed by atoms with Gasteiger partial charge in [0.15, 0.2) is 5.79 Å². The van der Waals surface area contributed by atoms with Crippen molar-refractivity contribution in [3.05, 3.63) is 59.7 Å². The van der Waals surface area contributed by atoms with Crippen LogP contribution in [0.4, 0.5) is 0 Å². The van der Waals surface area contributed by atoms with E-state index >= 15 is 0 Å². The van der Waals surface area contributed by atoms with E-state index in [9.17, 15) is 15.0 Å². The third kappa shape index (κ3) is 2.43. The van der Waals surface area contributed by atoms with Crippen LogP contribution >= 0.6 is 0 Å². The smallest absolute Gasteiger partial charge is 0.252 e. The molecular weight excluding hydrogens is 432 g/mol. The predicted octanol–water partition coefficient (Wildman–Crippen LogP) is 2.99. The molecule has 1 fully saturated rings. The normalized spacial score (nSPS) is 27.2. The summed E-state index contributed by atoms with van der Waals surface area (Å²) in [6.07, 6.45) is -1.55. The number of para-hydroxylation sites is 2. The van der Waals surface area contributed by atoms with Crippen molar-refractivity contribution >= 4 is 49.5 Å². The van der Waals surface area contributed by atoms with Gasteiger partial charge in [-0.1, -0.05) is 36.4 Å². The van der Waals surface area contributed by atoms with E-state index in [0.29, 0.717) is 18.5 Å². The molecule has 34 heavy (non-hydrogen) atoms. The van der Waals surface area contributed by atoms with Crippen LogP contribution in [0.25, 0.3) is 43.6 Å². The van der Waals surface area contributed by atoms with Gasteiger partial charge in [0.1, 0.15) is 12.3 Å². The molecule has 2 aliphatic rings. The summed E-state index contributed by atoms with van der Waals surface area (Å²) in [5.74, 6) is -1.91. The average Bonchev–Trinajstić information content (AvgIpc) is 3.48. The molecule has 4 heterocycles. The Balaban J connectivity index is 1.69. The molecule has 2 aliphatic heterocycles. The number of nitrogens with zero attached hydrogens (tertiary/aromatic N) is 1. The maximum Gasteiger partial charge on any atom is 0.252 e. The lowest BCUT2D eigenvalue weighted by Crippen LogP contribution is -2.57. The van der Waals surface area contributed by atoms with Gasteiger partial charge in [0, 0.05) is 46.1 Å². The van der Waals surface area contributed by atoms with Crippen LogP contribution in [0.2, 0.25) is 0 Å². The summed E-state index contributed by atoms with van der Waals surface area (Å²) in [6, 6.07) is 15.3. The first kappa shape index (κ1) is 20.0. The van der Waals surface area contributed by atoms with Crippen molar-refractivity contribution in [1.29, 1.82) is 0 Å². The fourth-order valence-corrected chi connectivity index (χ4v) is 5.96. The molecule has 1 amide bonds. The topological polar surface area (TPSA) is 126 Å². The number of aliphatic hydroxyl groups is 2. The second-order valence-corrected chi connectivity index (χ2v) is 9.54. The number of aromatic nitrogens is 2. The average molecular weight is 457 g/mol. The number of hydrogen-bond acceptors (Lipinski definition) is 5. The molecule has 0 aliphatic carbocycles. The molecule has 8 heteroatoms. The Kier molecular flexibility index (Phi) is 3.87. The number of aromatic amines is 1. The molecule has 172 valence electrons. The van der Waals surface area contributed by atoms with Crippen molar-refractivity contribution in [3.8, 4) is 0 Å². The number of hydrogen-bond donors (Lipinski definition) is 5. The third-order valence-electron chi connectivity index (χ3n) is 7.45. The van der Waals surface area contributed by atoms with Gasteiger partial charge in [0.05, 0.1) is 22.1 Å². The second kappa shape index (κ2) is 6.58. The largest absolute Gasteiger partial charge is 0.386 e. The second-order valence-electron chi connectivity index (χ2n) is 9.54. The fourth-order valence-electron chi connectivity index (χ4n) is 5.96. The van der Waals surface area contributed by atoms with Crippen LogP contribution in [0.5, 0.6) is 0 Å². The number of benzene rings is 3. The van der Waals surface area contributed by atoms with Gasteiger partial charge in [-0.2, -0.15) is 0 Å². The number of H-pyrrole nitrogens is 1. The van der Waals surface area contributed by atoms with Gasteiger partial charge in [-0.3, -0.25) is 4.79 Å². The number of amides is 1. The van der Waals surface area contributed by atoms with Crippen LogP contribution in [0, 0.1) is 0 Å². The number of aliphatic hydroxyl groups excluding tert-OH is 1. The summed E-state index contributed by atoms with van der Waals surface area (Å²) in [5.41, 5.74) is 11.5. The van der Waals surface area contributed by atoms with Gasteiger partial charge in [-0.15, -0.1) is 0 Å². The van der Waals surface area contributed by atoms with Crippen molar-refractivity contribution in [2.24, 2.45) is 5.73 Å². The number of nitrogens with two attached hydrogens (primary N) is 1. The Hall–Kier alpha value is -3.43. The zero-order valence-corrected chi connectivity index (χ0v) is 18.5. The van der Waals surface area contributed by atoms with E-state index in [-0.39, 0.29) is 5.91 Å². The third-order valence-corrected chi connectivity index (χ3v) is 7.45. The fraction of sp³-hybridized carbons (Fsp3) is 0.269. The summed E-state index contributed by atoms with van der Waals surface area (Å²) < 4.78 is 8.08. The highest BCUT2D eigenvalue weighted by atomic mass is 16.7. The lowest BCUT2D eigenvalue weighted by atomic mass is 9.96. The quantitative estimate of drug-likeness (QED) is 0.265. The predicted molar refractivity (Wildman–Crippen MR) is 129 cm³/mol. The molecule has 8 nitrogen and oxygen atoms in total. The molecule has 2 aromatic heterocycles.